The van der Waals surface area contributed by atoms with Gasteiger partial charge >= 0.3 is 0 Å². The first-order valence-electron chi connectivity index (χ1n) is 7.25. The molecule has 3 rings (SSSR count). The molecule has 3 aromatic rings. The Morgan fingerprint density at radius 1 is 0.625 bits per heavy atom. The zero-order chi connectivity index (χ0) is 16.8. The molecular weight excluding hydrogens is 296 g/mol. The smallest absolute Gasteiger partial charge is 0.0634 e. The van der Waals surface area contributed by atoms with Crippen LogP contribution in [0.3, 0.4) is 0 Å². The maximum Gasteiger partial charge on any atom is 0.0634 e. The first-order valence-corrected chi connectivity index (χ1v) is 7.25. The van der Waals surface area contributed by atoms with Crippen LogP contribution in [0.2, 0.25) is 0 Å². The molecule has 0 saturated carbocycles. The standard InChI is InChI=1S/C20H14N4/c21-19-13-17(3-1-15-5-9-23-10-6-15)20(22)18(14-19)4-2-16-7-11-24-12-8-16/h5-14H,21-22H2. The molecule has 2 heterocycles. The Labute approximate surface area is 140 Å². The Balaban J connectivity index is 1.97. The molecule has 0 aliphatic heterocycles. The van der Waals surface area contributed by atoms with E-state index in [-0.39, 0.29) is 0 Å². The van der Waals surface area contributed by atoms with Crippen LogP contribution in [0.4, 0.5) is 11.4 Å². The van der Waals surface area contributed by atoms with Crippen LogP contribution in [0.25, 0.3) is 0 Å². The average molecular weight is 310 g/mol. The van der Waals surface area contributed by atoms with Gasteiger partial charge in [0.2, 0.25) is 0 Å². The van der Waals surface area contributed by atoms with E-state index >= 15 is 0 Å². The quantitative estimate of drug-likeness (QED) is 0.494. The van der Waals surface area contributed by atoms with Crippen LogP contribution in [0, 0.1) is 23.7 Å². The van der Waals surface area contributed by atoms with Crippen LogP contribution in [-0.4, -0.2) is 9.97 Å². The van der Waals surface area contributed by atoms with Gasteiger partial charge in [-0.05, 0) is 36.4 Å². The van der Waals surface area contributed by atoms with E-state index in [9.17, 15) is 0 Å². The van der Waals surface area contributed by atoms with Gasteiger partial charge in [0.05, 0.1) is 16.8 Å². The number of nitrogen functional groups attached to an aromatic ring is 2. The zero-order valence-electron chi connectivity index (χ0n) is 12.8. The van der Waals surface area contributed by atoms with E-state index < -0.39 is 0 Å². The van der Waals surface area contributed by atoms with Crippen molar-refractivity contribution < 1.29 is 0 Å². The molecule has 0 atom stereocenters. The van der Waals surface area contributed by atoms with Gasteiger partial charge in [-0.15, -0.1) is 0 Å². The fraction of sp³-hybridized carbons (Fsp3) is 0. The number of nitrogens with zero attached hydrogens (tertiary/aromatic N) is 2. The summed E-state index contributed by atoms with van der Waals surface area (Å²) in [6.45, 7) is 0. The fourth-order valence-corrected chi connectivity index (χ4v) is 2.03. The highest BCUT2D eigenvalue weighted by Crippen LogP contribution is 2.20. The Kier molecular flexibility index (Phi) is 4.42. The van der Waals surface area contributed by atoms with Crippen molar-refractivity contribution in [2.75, 3.05) is 11.5 Å². The summed E-state index contributed by atoms with van der Waals surface area (Å²) in [6, 6.07) is 10.8. The zero-order valence-corrected chi connectivity index (χ0v) is 12.8. The summed E-state index contributed by atoms with van der Waals surface area (Å²) in [5.74, 6) is 12.2. The van der Waals surface area contributed by atoms with Gasteiger partial charge in [-0.2, -0.15) is 0 Å². The average Bonchev–Trinajstić information content (AvgIpc) is 2.62. The first-order chi connectivity index (χ1) is 11.7. The third kappa shape index (κ3) is 3.71. The Hall–Kier alpha value is -3.76. The Bertz CT molecular complexity index is 894. The molecule has 0 unspecified atom stereocenters. The molecule has 4 N–H and O–H groups in total. The van der Waals surface area contributed by atoms with Gasteiger partial charge in [-0.3, -0.25) is 9.97 Å². The highest BCUT2D eigenvalue weighted by Gasteiger charge is 2.03. The molecule has 0 aliphatic rings. The van der Waals surface area contributed by atoms with Gasteiger partial charge in [0, 0.05) is 41.6 Å². The lowest BCUT2D eigenvalue weighted by Gasteiger charge is -2.04. The third-order valence-electron chi connectivity index (χ3n) is 3.25. The molecule has 2 aromatic heterocycles. The van der Waals surface area contributed by atoms with Crippen molar-refractivity contribution in [2.24, 2.45) is 0 Å². The summed E-state index contributed by atoms with van der Waals surface area (Å²) in [4.78, 5) is 7.93. The second-order valence-electron chi connectivity index (χ2n) is 5.00. The van der Waals surface area contributed by atoms with Crippen LogP contribution in [-0.2, 0) is 0 Å². The summed E-state index contributed by atoms with van der Waals surface area (Å²) in [6.07, 6.45) is 6.77. The van der Waals surface area contributed by atoms with Gasteiger partial charge in [-0.25, -0.2) is 0 Å². The molecule has 0 amide bonds. The van der Waals surface area contributed by atoms with E-state index in [1.807, 2.05) is 24.3 Å². The van der Waals surface area contributed by atoms with E-state index in [2.05, 4.69) is 33.6 Å². The van der Waals surface area contributed by atoms with Crippen LogP contribution in [0.5, 0.6) is 0 Å². The van der Waals surface area contributed by atoms with Gasteiger partial charge in [0.15, 0.2) is 0 Å². The molecule has 0 fully saturated rings. The lowest BCUT2D eigenvalue weighted by Crippen LogP contribution is -1.98. The predicted octanol–water partition coefficient (Wildman–Crippen LogP) is 2.44. The predicted molar refractivity (Wildman–Crippen MR) is 95.7 cm³/mol. The largest absolute Gasteiger partial charge is 0.399 e. The van der Waals surface area contributed by atoms with Crippen molar-refractivity contribution >= 4 is 11.4 Å². The molecule has 0 spiro atoms. The minimum atomic E-state index is 0.521. The SMILES string of the molecule is Nc1cc(C#Cc2ccncc2)c(N)c(C#Cc2ccncc2)c1. The summed E-state index contributed by atoms with van der Waals surface area (Å²) in [5, 5.41) is 0. The molecule has 114 valence electrons. The minimum absolute atomic E-state index is 0.521. The maximum atomic E-state index is 6.20. The summed E-state index contributed by atoms with van der Waals surface area (Å²) in [5.41, 5.74) is 16.3. The third-order valence-corrected chi connectivity index (χ3v) is 3.25. The molecule has 0 radical (unpaired) electrons. The molecule has 24 heavy (non-hydrogen) atoms. The van der Waals surface area contributed by atoms with E-state index in [1.54, 1.807) is 36.9 Å². The molecule has 0 bridgehead atoms. The topological polar surface area (TPSA) is 77.8 Å². The van der Waals surface area contributed by atoms with E-state index in [4.69, 9.17) is 11.5 Å². The van der Waals surface area contributed by atoms with Crippen LogP contribution < -0.4 is 11.5 Å². The normalized spacial score (nSPS) is 9.33. The number of aromatic nitrogens is 2. The van der Waals surface area contributed by atoms with Gasteiger partial charge in [0.1, 0.15) is 0 Å². The number of nitrogens with two attached hydrogens (primary N) is 2. The van der Waals surface area contributed by atoms with Crippen molar-refractivity contribution in [2.45, 2.75) is 0 Å². The lowest BCUT2D eigenvalue weighted by atomic mass is 10.1. The van der Waals surface area contributed by atoms with E-state index in [0.29, 0.717) is 22.5 Å². The number of anilines is 2. The van der Waals surface area contributed by atoms with Gasteiger partial charge < -0.3 is 11.5 Å². The second kappa shape index (κ2) is 7.00. The summed E-state index contributed by atoms with van der Waals surface area (Å²) in [7, 11) is 0. The fourth-order valence-electron chi connectivity index (χ4n) is 2.03. The van der Waals surface area contributed by atoms with Crippen molar-refractivity contribution in [3.63, 3.8) is 0 Å². The number of hydrogen-bond donors (Lipinski definition) is 2. The number of rotatable bonds is 0. The van der Waals surface area contributed by atoms with E-state index in [1.165, 1.54) is 0 Å². The number of pyridine rings is 2. The molecular formula is C20H14N4. The highest BCUT2D eigenvalue weighted by molar-refractivity contribution is 5.71. The monoisotopic (exact) mass is 310 g/mol. The van der Waals surface area contributed by atoms with Gasteiger partial charge in [-0.1, -0.05) is 23.7 Å². The Morgan fingerprint density at radius 3 is 1.46 bits per heavy atom. The van der Waals surface area contributed by atoms with Crippen molar-refractivity contribution in [1.29, 1.82) is 0 Å². The first kappa shape index (κ1) is 15.1. The second-order valence-corrected chi connectivity index (χ2v) is 5.00. The lowest BCUT2D eigenvalue weighted by molar-refractivity contribution is 1.32. The van der Waals surface area contributed by atoms with Crippen molar-refractivity contribution in [3.05, 3.63) is 83.4 Å². The summed E-state index contributed by atoms with van der Waals surface area (Å²) >= 11 is 0. The van der Waals surface area contributed by atoms with Crippen LogP contribution in [0.15, 0.2) is 61.2 Å². The van der Waals surface area contributed by atoms with E-state index in [0.717, 1.165) is 11.1 Å². The number of benzene rings is 1. The van der Waals surface area contributed by atoms with Crippen LogP contribution >= 0.6 is 0 Å². The minimum Gasteiger partial charge on any atom is -0.399 e. The Morgan fingerprint density at radius 2 is 1.04 bits per heavy atom. The summed E-state index contributed by atoms with van der Waals surface area (Å²) < 4.78 is 0. The maximum absolute atomic E-state index is 6.20. The van der Waals surface area contributed by atoms with Crippen LogP contribution in [0.1, 0.15) is 22.3 Å². The number of hydrogen-bond acceptors (Lipinski definition) is 4. The van der Waals surface area contributed by atoms with Crippen molar-refractivity contribution in [3.8, 4) is 23.7 Å². The van der Waals surface area contributed by atoms with Crippen molar-refractivity contribution in [1.82, 2.24) is 9.97 Å². The molecule has 4 nitrogen and oxygen atoms in total. The van der Waals surface area contributed by atoms with Gasteiger partial charge in [0.25, 0.3) is 0 Å². The molecule has 0 saturated heterocycles. The molecule has 4 heteroatoms. The highest BCUT2D eigenvalue weighted by atomic mass is 14.6. The molecule has 1 aromatic carbocycles. The molecule has 0 aliphatic carbocycles.